The number of thiazole rings is 1. The molecule has 1 aromatic heterocycles. The van der Waals surface area contributed by atoms with Crippen molar-refractivity contribution in [3.05, 3.63) is 78.9 Å². The summed E-state index contributed by atoms with van der Waals surface area (Å²) >= 11 is 21.4. The summed E-state index contributed by atoms with van der Waals surface area (Å²) in [5.74, 6) is 0.367. The zero-order valence-corrected chi connectivity index (χ0v) is 16.1. The van der Waals surface area contributed by atoms with Gasteiger partial charge in [-0.1, -0.05) is 46.9 Å². The van der Waals surface area contributed by atoms with Crippen LogP contribution in [0.2, 0.25) is 15.1 Å². The van der Waals surface area contributed by atoms with E-state index in [2.05, 4.69) is 4.98 Å². The van der Waals surface area contributed by atoms with E-state index in [1.807, 2.05) is 17.5 Å². The van der Waals surface area contributed by atoms with Crippen molar-refractivity contribution >= 4 is 57.9 Å². The largest absolute Gasteiger partial charge is 0.245 e. The lowest BCUT2D eigenvalue weighted by atomic mass is 10.1. The van der Waals surface area contributed by atoms with E-state index >= 15 is 0 Å². The monoisotopic (exact) mass is 417 g/mol. The van der Waals surface area contributed by atoms with Gasteiger partial charge in [-0.2, -0.15) is 0 Å². The van der Waals surface area contributed by atoms with Gasteiger partial charge in [0.25, 0.3) is 0 Å². The van der Waals surface area contributed by atoms with Crippen LogP contribution >= 0.6 is 57.9 Å². The van der Waals surface area contributed by atoms with Crippen molar-refractivity contribution in [2.24, 2.45) is 0 Å². The van der Waals surface area contributed by atoms with Gasteiger partial charge < -0.3 is 0 Å². The molecule has 1 nitrogen and oxygen atoms in total. The second-order valence-electron chi connectivity index (χ2n) is 4.99. The van der Waals surface area contributed by atoms with Gasteiger partial charge >= 0.3 is 0 Å². The van der Waals surface area contributed by atoms with Gasteiger partial charge in [-0.15, -0.1) is 23.1 Å². The molecule has 0 saturated heterocycles. The van der Waals surface area contributed by atoms with E-state index in [0.717, 1.165) is 21.2 Å². The second kappa shape index (κ2) is 8.07. The molecule has 0 aliphatic carbocycles. The Hall–Kier alpha value is -0.780. The Labute approximate surface area is 162 Å². The molecule has 0 aliphatic heterocycles. The van der Waals surface area contributed by atoms with Gasteiger partial charge in [-0.25, -0.2) is 9.37 Å². The Kier molecular flexibility index (Phi) is 6.06. The number of aromatic nitrogens is 1. The molecule has 0 saturated carbocycles. The predicted molar refractivity (Wildman–Crippen MR) is 102 cm³/mol. The number of benzene rings is 2. The first-order valence-electron chi connectivity index (χ1n) is 6.97. The van der Waals surface area contributed by atoms with Gasteiger partial charge in [0.05, 0.1) is 20.7 Å². The van der Waals surface area contributed by atoms with Crippen LogP contribution in [0.4, 0.5) is 4.39 Å². The van der Waals surface area contributed by atoms with Gasteiger partial charge in [0.1, 0.15) is 5.82 Å². The molecule has 0 fully saturated rings. The maximum absolute atomic E-state index is 13.1. The number of hydrogen-bond donors (Lipinski definition) is 0. The quantitative estimate of drug-likeness (QED) is 0.409. The number of thioether (sulfide) groups is 1. The molecule has 3 aromatic rings. The molecule has 7 heteroatoms. The fourth-order valence-corrected chi connectivity index (χ4v) is 4.61. The summed E-state index contributed by atoms with van der Waals surface area (Å²) in [7, 11) is 0. The van der Waals surface area contributed by atoms with E-state index < -0.39 is 0 Å². The van der Waals surface area contributed by atoms with E-state index in [4.69, 9.17) is 34.8 Å². The van der Waals surface area contributed by atoms with E-state index in [0.29, 0.717) is 27.2 Å². The molecule has 0 spiro atoms. The molecule has 0 amide bonds. The first kappa shape index (κ1) is 18.0. The van der Waals surface area contributed by atoms with Gasteiger partial charge in [0.15, 0.2) is 0 Å². The zero-order valence-electron chi connectivity index (χ0n) is 12.2. The van der Waals surface area contributed by atoms with E-state index in [-0.39, 0.29) is 5.82 Å². The first-order valence-corrected chi connectivity index (χ1v) is 9.97. The molecule has 124 valence electrons. The Morgan fingerprint density at radius 2 is 1.92 bits per heavy atom. The summed E-state index contributed by atoms with van der Waals surface area (Å²) in [6.45, 7) is 0. The summed E-state index contributed by atoms with van der Waals surface area (Å²) in [4.78, 5) is 5.54. The molecule has 3 rings (SSSR count). The Morgan fingerprint density at radius 3 is 2.71 bits per heavy atom. The van der Waals surface area contributed by atoms with Crippen LogP contribution in [0.5, 0.6) is 0 Å². The first-order chi connectivity index (χ1) is 11.5. The summed E-state index contributed by atoms with van der Waals surface area (Å²) in [5.41, 5.74) is 1.83. The molecule has 0 unspecified atom stereocenters. The zero-order chi connectivity index (χ0) is 17.1. The minimum absolute atomic E-state index is 0.335. The van der Waals surface area contributed by atoms with Crippen LogP contribution in [-0.4, -0.2) is 4.98 Å². The average Bonchev–Trinajstić information content (AvgIpc) is 2.99. The molecular formula is C17H11Cl3FNS2. The highest BCUT2D eigenvalue weighted by atomic mass is 35.5. The fourth-order valence-electron chi connectivity index (χ4n) is 2.07. The highest BCUT2D eigenvalue weighted by Gasteiger charge is 2.09. The van der Waals surface area contributed by atoms with Gasteiger partial charge in [0.2, 0.25) is 0 Å². The minimum atomic E-state index is -0.335. The van der Waals surface area contributed by atoms with E-state index in [9.17, 15) is 4.39 Å². The number of hydrogen-bond acceptors (Lipinski definition) is 3. The minimum Gasteiger partial charge on any atom is -0.245 e. The summed E-state index contributed by atoms with van der Waals surface area (Å²) < 4.78 is 13.1. The molecule has 2 aromatic carbocycles. The van der Waals surface area contributed by atoms with Crippen molar-refractivity contribution in [1.82, 2.24) is 4.98 Å². The third kappa shape index (κ3) is 4.44. The molecule has 0 radical (unpaired) electrons. The summed E-state index contributed by atoms with van der Waals surface area (Å²) in [5, 5.41) is 4.49. The van der Waals surface area contributed by atoms with Crippen LogP contribution in [-0.2, 0) is 12.2 Å². The highest BCUT2D eigenvalue weighted by molar-refractivity contribution is 7.98. The van der Waals surface area contributed by atoms with E-state index in [1.54, 1.807) is 35.2 Å². The van der Waals surface area contributed by atoms with Crippen molar-refractivity contribution in [2.45, 2.75) is 17.1 Å². The molecule has 24 heavy (non-hydrogen) atoms. The standard InChI is InChI=1S/C17H11Cl3FNS2/c18-13-2-1-3-15(17(13)20)23-8-12-9-24-16(22-12)6-10-4-5-11(21)7-14(10)19/h1-5,7,9H,6,8H2. The molecule has 1 heterocycles. The maximum atomic E-state index is 13.1. The predicted octanol–water partition coefficient (Wildman–Crippen LogP) is 7.13. The second-order valence-corrected chi connectivity index (χ2v) is 8.14. The van der Waals surface area contributed by atoms with Crippen LogP contribution in [0.25, 0.3) is 0 Å². The normalized spacial score (nSPS) is 11.0. The van der Waals surface area contributed by atoms with Crippen LogP contribution < -0.4 is 0 Å². The molecule has 0 N–H and O–H groups in total. The number of halogens is 4. The smallest absolute Gasteiger partial charge is 0.124 e. The van der Waals surface area contributed by atoms with Crippen molar-refractivity contribution in [2.75, 3.05) is 0 Å². The Morgan fingerprint density at radius 1 is 1.08 bits per heavy atom. The van der Waals surface area contributed by atoms with Crippen LogP contribution in [0.15, 0.2) is 46.7 Å². The van der Waals surface area contributed by atoms with E-state index in [1.165, 1.54) is 12.1 Å². The molecule has 0 atom stereocenters. The third-order valence-electron chi connectivity index (χ3n) is 3.25. The summed E-state index contributed by atoms with van der Waals surface area (Å²) in [6.07, 6.45) is 0.590. The molecule has 0 bridgehead atoms. The SMILES string of the molecule is Fc1ccc(Cc2nc(CSc3cccc(Cl)c3Cl)cs2)c(Cl)c1. The lowest BCUT2D eigenvalue weighted by molar-refractivity contribution is 0.627. The Bertz CT molecular complexity index is 867. The van der Waals surface area contributed by atoms with Crippen LogP contribution in [0, 0.1) is 5.82 Å². The molecular weight excluding hydrogens is 408 g/mol. The van der Waals surface area contributed by atoms with Crippen LogP contribution in [0.1, 0.15) is 16.3 Å². The van der Waals surface area contributed by atoms with Crippen molar-refractivity contribution in [3.63, 3.8) is 0 Å². The topological polar surface area (TPSA) is 12.9 Å². The van der Waals surface area contributed by atoms with Gasteiger partial charge in [-0.05, 0) is 29.8 Å². The van der Waals surface area contributed by atoms with Crippen LogP contribution in [0.3, 0.4) is 0 Å². The number of nitrogens with zero attached hydrogens (tertiary/aromatic N) is 1. The summed E-state index contributed by atoms with van der Waals surface area (Å²) in [6, 6.07) is 10.00. The third-order valence-corrected chi connectivity index (χ3v) is 6.52. The van der Waals surface area contributed by atoms with Crippen molar-refractivity contribution in [3.8, 4) is 0 Å². The van der Waals surface area contributed by atoms with Gasteiger partial charge in [0, 0.05) is 27.5 Å². The van der Waals surface area contributed by atoms with Gasteiger partial charge in [-0.3, -0.25) is 0 Å². The van der Waals surface area contributed by atoms with Crippen molar-refractivity contribution in [1.29, 1.82) is 0 Å². The average molecular weight is 419 g/mol. The fraction of sp³-hybridized carbons (Fsp3) is 0.118. The maximum Gasteiger partial charge on any atom is 0.124 e. The van der Waals surface area contributed by atoms with Crippen molar-refractivity contribution < 1.29 is 4.39 Å². The lowest BCUT2D eigenvalue weighted by Gasteiger charge is -2.04. The molecule has 0 aliphatic rings. The number of rotatable bonds is 5. The Balaban J connectivity index is 1.66. The lowest BCUT2D eigenvalue weighted by Crippen LogP contribution is -1.91. The highest BCUT2D eigenvalue weighted by Crippen LogP contribution is 2.34.